The third-order valence-corrected chi connectivity index (χ3v) is 5.85. The van der Waals surface area contributed by atoms with Gasteiger partial charge in [-0.15, -0.1) is 11.3 Å². The van der Waals surface area contributed by atoms with Crippen molar-refractivity contribution < 1.29 is 8.42 Å². The van der Waals surface area contributed by atoms with E-state index in [1.54, 1.807) is 16.4 Å². The first-order chi connectivity index (χ1) is 8.06. The van der Waals surface area contributed by atoms with Gasteiger partial charge in [-0.05, 0) is 25.0 Å². The minimum Gasteiger partial charge on any atom is -0.326 e. The number of hydrogen-bond acceptors (Lipinski definition) is 4. The van der Waals surface area contributed by atoms with E-state index in [-0.39, 0.29) is 0 Å². The Balaban J connectivity index is 2.98. The first-order valence-corrected chi connectivity index (χ1v) is 8.10. The third-order valence-electron chi connectivity index (χ3n) is 2.38. The van der Waals surface area contributed by atoms with Crippen LogP contribution in [0.2, 0.25) is 0 Å². The van der Waals surface area contributed by atoms with E-state index in [9.17, 15) is 8.42 Å². The molecule has 1 aromatic heterocycles. The van der Waals surface area contributed by atoms with Gasteiger partial charge < -0.3 is 5.73 Å². The van der Waals surface area contributed by atoms with Crippen LogP contribution in [0.4, 0.5) is 0 Å². The molecule has 0 aliphatic heterocycles. The summed E-state index contributed by atoms with van der Waals surface area (Å²) in [6.45, 7) is 5.51. The van der Waals surface area contributed by atoms with Gasteiger partial charge >= 0.3 is 0 Å². The second kappa shape index (κ2) is 6.49. The molecule has 0 unspecified atom stereocenters. The quantitative estimate of drug-likeness (QED) is 0.828. The van der Waals surface area contributed by atoms with E-state index in [4.69, 9.17) is 5.73 Å². The molecular weight excluding hydrogens is 256 g/mol. The average Bonchev–Trinajstić information content (AvgIpc) is 2.78. The molecule has 4 nitrogen and oxygen atoms in total. The van der Waals surface area contributed by atoms with Crippen molar-refractivity contribution in [3.63, 3.8) is 0 Å². The third kappa shape index (κ3) is 3.51. The lowest BCUT2D eigenvalue weighted by atomic mass is 10.4. The Morgan fingerprint density at radius 1 is 1.24 bits per heavy atom. The van der Waals surface area contributed by atoms with Crippen LogP contribution in [0, 0.1) is 0 Å². The van der Waals surface area contributed by atoms with Crippen LogP contribution in [0.5, 0.6) is 0 Å². The van der Waals surface area contributed by atoms with E-state index in [1.165, 1.54) is 11.3 Å². The van der Waals surface area contributed by atoms with Gasteiger partial charge in [-0.2, -0.15) is 4.31 Å². The van der Waals surface area contributed by atoms with Crippen LogP contribution in [0.1, 0.15) is 31.6 Å². The Morgan fingerprint density at radius 3 is 2.24 bits per heavy atom. The van der Waals surface area contributed by atoms with Crippen LogP contribution in [-0.2, 0) is 16.6 Å². The highest BCUT2D eigenvalue weighted by Crippen LogP contribution is 2.24. The standard InChI is InChI=1S/C11H20N2O2S2/c1-3-7-13(8-4-2)17(14,15)11-6-5-10(9-12)16-11/h5-6H,3-4,7-9,12H2,1-2H3. The van der Waals surface area contributed by atoms with Crippen molar-refractivity contribution in [3.8, 4) is 0 Å². The maximum absolute atomic E-state index is 12.3. The zero-order valence-corrected chi connectivity index (χ0v) is 12.0. The topological polar surface area (TPSA) is 63.4 Å². The molecule has 0 amide bonds. The molecule has 0 saturated heterocycles. The molecule has 2 N–H and O–H groups in total. The number of hydrogen-bond donors (Lipinski definition) is 1. The Kier molecular flexibility index (Phi) is 5.58. The molecule has 0 saturated carbocycles. The zero-order chi connectivity index (χ0) is 12.9. The lowest BCUT2D eigenvalue weighted by Gasteiger charge is -2.19. The highest BCUT2D eigenvalue weighted by atomic mass is 32.2. The molecule has 0 spiro atoms. The van der Waals surface area contributed by atoms with Gasteiger partial charge in [-0.1, -0.05) is 13.8 Å². The van der Waals surface area contributed by atoms with Crippen molar-refractivity contribution >= 4 is 21.4 Å². The first-order valence-electron chi connectivity index (χ1n) is 5.85. The fourth-order valence-corrected chi connectivity index (χ4v) is 4.60. The molecule has 0 aromatic carbocycles. The highest BCUT2D eigenvalue weighted by molar-refractivity contribution is 7.91. The van der Waals surface area contributed by atoms with Crippen molar-refractivity contribution in [3.05, 3.63) is 17.0 Å². The first kappa shape index (κ1) is 14.6. The number of nitrogens with two attached hydrogens (primary N) is 1. The summed E-state index contributed by atoms with van der Waals surface area (Å²) in [6, 6.07) is 3.44. The predicted octanol–water partition coefficient (Wildman–Crippen LogP) is 2.02. The largest absolute Gasteiger partial charge is 0.326 e. The number of sulfonamides is 1. The summed E-state index contributed by atoms with van der Waals surface area (Å²) in [5.41, 5.74) is 5.50. The molecule has 98 valence electrons. The van der Waals surface area contributed by atoms with Crippen LogP contribution >= 0.6 is 11.3 Å². The lowest BCUT2D eigenvalue weighted by molar-refractivity contribution is 0.411. The summed E-state index contributed by atoms with van der Waals surface area (Å²) >= 11 is 1.27. The summed E-state index contributed by atoms with van der Waals surface area (Å²) in [7, 11) is -3.32. The van der Waals surface area contributed by atoms with Gasteiger partial charge in [-0.25, -0.2) is 8.42 Å². The van der Waals surface area contributed by atoms with Crippen LogP contribution < -0.4 is 5.73 Å². The number of thiophene rings is 1. The van der Waals surface area contributed by atoms with Gasteiger partial charge in [0, 0.05) is 24.5 Å². The average molecular weight is 276 g/mol. The highest BCUT2D eigenvalue weighted by Gasteiger charge is 2.24. The Labute approximate surface area is 107 Å². The Morgan fingerprint density at radius 2 is 1.82 bits per heavy atom. The van der Waals surface area contributed by atoms with Gasteiger partial charge in [0.1, 0.15) is 4.21 Å². The summed E-state index contributed by atoms with van der Waals surface area (Å²) in [5.74, 6) is 0. The maximum Gasteiger partial charge on any atom is 0.252 e. The Hall–Kier alpha value is -0.430. The normalized spacial score (nSPS) is 12.2. The molecule has 1 aromatic rings. The maximum atomic E-state index is 12.3. The molecule has 0 atom stereocenters. The van der Waals surface area contributed by atoms with Crippen LogP contribution in [-0.4, -0.2) is 25.8 Å². The van der Waals surface area contributed by atoms with Crippen molar-refractivity contribution in [2.45, 2.75) is 37.4 Å². The van der Waals surface area contributed by atoms with E-state index < -0.39 is 10.0 Å². The molecule has 1 rings (SSSR count). The van der Waals surface area contributed by atoms with Gasteiger partial charge in [0.25, 0.3) is 10.0 Å². The monoisotopic (exact) mass is 276 g/mol. The van der Waals surface area contributed by atoms with E-state index in [0.29, 0.717) is 23.8 Å². The second-order valence-corrected chi connectivity index (χ2v) is 7.16. The second-order valence-electron chi connectivity index (χ2n) is 3.83. The molecule has 0 bridgehead atoms. The summed E-state index contributed by atoms with van der Waals surface area (Å²) < 4.78 is 26.6. The van der Waals surface area contributed by atoms with E-state index in [0.717, 1.165) is 17.7 Å². The molecule has 6 heteroatoms. The predicted molar refractivity (Wildman–Crippen MR) is 71.6 cm³/mol. The molecule has 0 fully saturated rings. The molecular formula is C11H20N2O2S2. The molecule has 1 heterocycles. The van der Waals surface area contributed by atoms with Crippen molar-refractivity contribution in [2.75, 3.05) is 13.1 Å². The zero-order valence-electron chi connectivity index (χ0n) is 10.3. The van der Waals surface area contributed by atoms with E-state index in [2.05, 4.69) is 0 Å². The van der Waals surface area contributed by atoms with Gasteiger partial charge in [0.2, 0.25) is 0 Å². The van der Waals surface area contributed by atoms with Gasteiger partial charge in [0.15, 0.2) is 0 Å². The molecule has 0 radical (unpaired) electrons. The van der Waals surface area contributed by atoms with Crippen LogP contribution in [0.15, 0.2) is 16.3 Å². The number of nitrogens with zero attached hydrogens (tertiary/aromatic N) is 1. The van der Waals surface area contributed by atoms with Crippen molar-refractivity contribution in [1.29, 1.82) is 0 Å². The number of rotatable bonds is 7. The van der Waals surface area contributed by atoms with Gasteiger partial charge in [0.05, 0.1) is 0 Å². The van der Waals surface area contributed by atoms with Crippen molar-refractivity contribution in [2.24, 2.45) is 5.73 Å². The molecule has 0 aliphatic rings. The van der Waals surface area contributed by atoms with E-state index >= 15 is 0 Å². The fourth-order valence-electron chi connectivity index (χ4n) is 1.58. The van der Waals surface area contributed by atoms with Crippen LogP contribution in [0.25, 0.3) is 0 Å². The lowest BCUT2D eigenvalue weighted by Crippen LogP contribution is -2.32. The minimum atomic E-state index is -3.32. The van der Waals surface area contributed by atoms with Gasteiger partial charge in [-0.3, -0.25) is 0 Å². The molecule has 17 heavy (non-hydrogen) atoms. The van der Waals surface area contributed by atoms with Crippen LogP contribution in [0.3, 0.4) is 0 Å². The van der Waals surface area contributed by atoms with Crippen molar-refractivity contribution in [1.82, 2.24) is 4.31 Å². The summed E-state index contributed by atoms with van der Waals surface area (Å²) in [6.07, 6.45) is 1.66. The Bertz CT molecular complexity index is 434. The fraction of sp³-hybridized carbons (Fsp3) is 0.636. The minimum absolute atomic E-state index is 0.391. The summed E-state index contributed by atoms with van der Waals surface area (Å²) in [4.78, 5) is 0.900. The van der Waals surface area contributed by atoms with E-state index in [1.807, 2.05) is 13.8 Å². The molecule has 0 aliphatic carbocycles. The summed E-state index contributed by atoms with van der Waals surface area (Å²) in [5, 5.41) is 0. The smallest absolute Gasteiger partial charge is 0.252 e. The SMILES string of the molecule is CCCN(CCC)S(=O)(=O)c1ccc(CN)s1.